The van der Waals surface area contributed by atoms with Crippen LogP contribution in [0.3, 0.4) is 0 Å². The second-order valence-corrected chi connectivity index (χ2v) is 4.04. The fourth-order valence-electron chi connectivity index (χ4n) is 1.40. The Hall–Kier alpha value is -1.37. The summed E-state index contributed by atoms with van der Waals surface area (Å²) in [5.41, 5.74) is 0.817. The predicted octanol–water partition coefficient (Wildman–Crippen LogP) is 2.85. The number of nitriles is 1. The zero-order valence-corrected chi connectivity index (χ0v) is 8.29. The quantitative estimate of drug-likeness (QED) is 0.815. The fraction of sp³-hybridized carbons (Fsp3) is 0.182. The number of hydrogen-bond acceptors (Lipinski definition) is 3. The molecular formula is C11H9NOS. The van der Waals surface area contributed by atoms with Crippen molar-refractivity contribution in [2.24, 2.45) is 0 Å². The Morgan fingerprint density at radius 2 is 2.29 bits per heavy atom. The monoisotopic (exact) mass is 203 g/mol. The van der Waals surface area contributed by atoms with E-state index in [1.807, 2.05) is 35.7 Å². The highest BCUT2D eigenvalue weighted by Gasteiger charge is 2.07. The lowest BCUT2D eigenvalue weighted by atomic mass is 10.1. The van der Waals surface area contributed by atoms with Crippen molar-refractivity contribution in [3.8, 4) is 6.07 Å². The van der Waals surface area contributed by atoms with E-state index in [-0.39, 0.29) is 6.42 Å². The van der Waals surface area contributed by atoms with Crippen LogP contribution in [0.25, 0.3) is 10.1 Å². The smallest absolute Gasteiger partial charge is 0.0920 e. The minimum absolute atomic E-state index is 0.148. The van der Waals surface area contributed by atoms with Gasteiger partial charge in [0.25, 0.3) is 0 Å². The summed E-state index contributed by atoms with van der Waals surface area (Å²) in [4.78, 5) is 0. The zero-order valence-electron chi connectivity index (χ0n) is 7.47. The van der Waals surface area contributed by atoms with Gasteiger partial charge in [0.05, 0.1) is 18.6 Å². The third-order valence-corrected chi connectivity index (χ3v) is 3.04. The summed E-state index contributed by atoms with van der Waals surface area (Å²) in [5, 5.41) is 21.2. The minimum atomic E-state index is -0.663. The highest BCUT2D eigenvalue weighted by Crippen LogP contribution is 2.25. The summed E-state index contributed by atoms with van der Waals surface area (Å²) >= 11 is 1.67. The molecule has 1 atom stereocenters. The van der Waals surface area contributed by atoms with Gasteiger partial charge in [0.1, 0.15) is 0 Å². The number of hydrogen-bond donors (Lipinski definition) is 1. The van der Waals surface area contributed by atoms with E-state index in [4.69, 9.17) is 5.26 Å². The average molecular weight is 203 g/mol. The fourth-order valence-corrected chi connectivity index (χ4v) is 2.17. The predicted molar refractivity (Wildman–Crippen MR) is 57.0 cm³/mol. The van der Waals surface area contributed by atoms with Crippen molar-refractivity contribution in [3.05, 3.63) is 35.2 Å². The third-order valence-electron chi connectivity index (χ3n) is 2.15. The first-order valence-corrected chi connectivity index (χ1v) is 5.21. The molecule has 2 aromatic rings. The van der Waals surface area contributed by atoms with Gasteiger partial charge in [-0.05, 0) is 34.5 Å². The van der Waals surface area contributed by atoms with Crippen LogP contribution in [-0.2, 0) is 0 Å². The van der Waals surface area contributed by atoms with Crippen molar-refractivity contribution in [2.75, 3.05) is 0 Å². The van der Waals surface area contributed by atoms with Crippen LogP contribution in [0.1, 0.15) is 18.1 Å². The summed E-state index contributed by atoms with van der Waals surface area (Å²) in [6.45, 7) is 0. The molecule has 1 aromatic carbocycles. The van der Waals surface area contributed by atoms with Gasteiger partial charge in [0.2, 0.25) is 0 Å². The van der Waals surface area contributed by atoms with Crippen molar-refractivity contribution in [1.82, 2.24) is 0 Å². The first kappa shape index (κ1) is 9.20. The summed E-state index contributed by atoms with van der Waals surface area (Å²) in [6.07, 6.45) is -0.514. The van der Waals surface area contributed by atoms with Gasteiger partial charge in [-0.15, -0.1) is 11.3 Å². The van der Waals surface area contributed by atoms with Crippen LogP contribution >= 0.6 is 11.3 Å². The Kier molecular flexibility index (Phi) is 2.49. The van der Waals surface area contributed by atoms with Crippen LogP contribution in [0.15, 0.2) is 29.6 Å². The molecule has 1 unspecified atom stereocenters. The topological polar surface area (TPSA) is 44.0 Å². The maximum atomic E-state index is 9.60. The molecule has 0 fully saturated rings. The lowest BCUT2D eigenvalue weighted by Gasteiger charge is -2.05. The lowest BCUT2D eigenvalue weighted by molar-refractivity contribution is 0.183. The molecule has 2 rings (SSSR count). The Morgan fingerprint density at radius 1 is 1.43 bits per heavy atom. The van der Waals surface area contributed by atoms with Crippen molar-refractivity contribution >= 4 is 21.4 Å². The molecule has 1 N–H and O–H groups in total. The van der Waals surface area contributed by atoms with Gasteiger partial charge in [-0.1, -0.05) is 6.07 Å². The van der Waals surface area contributed by atoms with E-state index in [1.165, 1.54) is 4.70 Å². The molecule has 0 spiro atoms. The summed E-state index contributed by atoms with van der Waals surface area (Å²) in [6, 6.07) is 9.77. The van der Waals surface area contributed by atoms with Gasteiger partial charge < -0.3 is 5.11 Å². The number of aliphatic hydroxyl groups is 1. The second kappa shape index (κ2) is 3.79. The number of rotatable bonds is 2. The van der Waals surface area contributed by atoms with E-state index >= 15 is 0 Å². The van der Waals surface area contributed by atoms with Crippen LogP contribution in [0.4, 0.5) is 0 Å². The number of thiophene rings is 1. The Morgan fingerprint density at radius 3 is 3.07 bits per heavy atom. The minimum Gasteiger partial charge on any atom is -0.387 e. The number of nitrogens with zero attached hydrogens (tertiary/aromatic N) is 1. The zero-order chi connectivity index (χ0) is 9.97. The van der Waals surface area contributed by atoms with Gasteiger partial charge >= 0.3 is 0 Å². The molecule has 14 heavy (non-hydrogen) atoms. The van der Waals surface area contributed by atoms with E-state index in [2.05, 4.69) is 0 Å². The van der Waals surface area contributed by atoms with Gasteiger partial charge in [-0.25, -0.2) is 0 Å². The van der Waals surface area contributed by atoms with Crippen LogP contribution < -0.4 is 0 Å². The molecular weight excluding hydrogens is 194 g/mol. The first-order valence-electron chi connectivity index (χ1n) is 4.33. The molecule has 0 aliphatic carbocycles. The van der Waals surface area contributed by atoms with E-state index in [1.54, 1.807) is 11.3 Å². The molecule has 0 bridgehead atoms. The Labute approximate surface area is 86.0 Å². The Balaban J connectivity index is 2.39. The van der Waals surface area contributed by atoms with E-state index in [0.29, 0.717) is 0 Å². The molecule has 70 valence electrons. The van der Waals surface area contributed by atoms with E-state index in [0.717, 1.165) is 10.9 Å². The van der Waals surface area contributed by atoms with Crippen LogP contribution in [0, 0.1) is 11.3 Å². The van der Waals surface area contributed by atoms with Crippen LogP contribution in [0.5, 0.6) is 0 Å². The lowest BCUT2D eigenvalue weighted by Crippen LogP contribution is -1.94. The summed E-state index contributed by atoms with van der Waals surface area (Å²) in [5.74, 6) is 0. The average Bonchev–Trinajstić information content (AvgIpc) is 2.64. The molecule has 0 aliphatic heterocycles. The normalized spacial score (nSPS) is 12.6. The molecule has 3 heteroatoms. The van der Waals surface area contributed by atoms with Crippen LogP contribution in [0.2, 0.25) is 0 Å². The summed E-state index contributed by atoms with van der Waals surface area (Å²) < 4.78 is 1.21. The largest absolute Gasteiger partial charge is 0.387 e. The van der Waals surface area contributed by atoms with E-state index in [9.17, 15) is 5.11 Å². The van der Waals surface area contributed by atoms with Gasteiger partial charge in [0, 0.05) is 4.70 Å². The maximum absolute atomic E-state index is 9.60. The Bertz CT molecular complexity index is 483. The molecule has 0 saturated heterocycles. The summed E-state index contributed by atoms with van der Waals surface area (Å²) in [7, 11) is 0. The highest BCUT2D eigenvalue weighted by molar-refractivity contribution is 7.17. The van der Waals surface area contributed by atoms with Crippen molar-refractivity contribution in [2.45, 2.75) is 12.5 Å². The SMILES string of the molecule is N#CCC(O)c1ccc2sccc2c1. The number of benzene rings is 1. The van der Waals surface area contributed by atoms with Gasteiger partial charge in [0.15, 0.2) is 0 Å². The van der Waals surface area contributed by atoms with Crippen molar-refractivity contribution < 1.29 is 5.11 Å². The molecule has 1 aromatic heterocycles. The molecule has 2 nitrogen and oxygen atoms in total. The van der Waals surface area contributed by atoms with Crippen molar-refractivity contribution in [1.29, 1.82) is 5.26 Å². The number of fused-ring (bicyclic) bond motifs is 1. The molecule has 0 aliphatic rings. The molecule has 1 heterocycles. The third kappa shape index (κ3) is 1.63. The van der Waals surface area contributed by atoms with E-state index < -0.39 is 6.10 Å². The van der Waals surface area contributed by atoms with Gasteiger partial charge in [-0.3, -0.25) is 0 Å². The first-order chi connectivity index (χ1) is 6.81. The molecule has 0 radical (unpaired) electrons. The standard InChI is InChI=1S/C11H9NOS/c12-5-3-10(13)8-1-2-11-9(7-8)4-6-14-11/h1-2,4,6-7,10,13H,3H2. The van der Waals surface area contributed by atoms with Crippen LogP contribution in [-0.4, -0.2) is 5.11 Å². The van der Waals surface area contributed by atoms with Gasteiger partial charge in [-0.2, -0.15) is 5.26 Å². The number of aliphatic hydroxyl groups excluding tert-OH is 1. The maximum Gasteiger partial charge on any atom is 0.0920 e. The molecule has 0 saturated carbocycles. The highest BCUT2D eigenvalue weighted by atomic mass is 32.1. The second-order valence-electron chi connectivity index (χ2n) is 3.10. The molecule has 0 amide bonds. The van der Waals surface area contributed by atoms with Crippen molar-refractivity contribution in [3.63, 3.8) is 0 Å².